The van der Waals surface area contributed by atoms with Crippen LogP contribution in [0.5, 0.6) is 0 Å². The number of nitrogens with zero attached hydrogens (tertiary/aromatic N) is 4. The van der Waals surface area contributed by atoms with Gasteiger partial charge in [0, 0.05) is 38.9 Å². The molecule has 0 radical (unpaired) electrons. The average molecular weight is 521 g/mol. The van der Waals surface area contributed by atoms with Crippen LogP contribution < -0.4 is 4.90 Å². The van der Waals surface area contributed by atoms with E-state index in [2.05, 4.69) is 20.9 Å². The topological polar surface area (TPSA) is 109 Å². The standard InChI is InChI=1S/C17H19BrN4O3.C2HF3O2/c1-21(2)16-19-7-11-8-24-10-17(14(11)20-16)5-6-22(9-17)15(23)12-3-4-13(18)25-12;3-2(4,5)1(6)7/h3-4,7H,5-6,8-10H2,1-2H3;(H,6,7). The van der Waals surface area contributed by atoms with E-state index >= 15 is 0 Å². The molecule has 13 heteroatoms. The van der Waals surface area contributed by atoms with Crippen LogP contribution in [-0.2, 0) is 21.6 Å². The predicted octanol–water partition coefficient (Wildman–Crippen LogP) is 2.85. The lowest BCUT2D eigenvalue weighted by Gasteiger charge is -2.34. The molecule has 1 atom stereocenters. The van der Waals surface area contributed by atoms with Crippen LogP contribution in [0.3, 0.4) is 0 Å². The van der Waals surface area contributed by atoms with Gasteiger partial charge in [-0.05, 0) is 34.5 Å². The number of amides is 1. The molecule has 1 N–H and O–H groups in total. The SMILES string of the molecule is CN(C)c1ncc2c(n1)C1(CCN(C(=O)c3ccc(Br)o3)C1)COC2.O=C(O)C(F)(F)F. The van der Waals surface area contributed by atoms with Crippen molar-refractivity contribution in [3.8, 4) is 0 Å². The molecule has 4 rings (SSSR count). The monoisotopic (exact) mass is 520 g/mol. The molecule has 0 aromatic carbocycles. The summed E-state index contributed by atoms with van der Waals surface area (Å²) in [7, 11) is 3.85. The van der Waals surface area contributed by atoms with Crippen molar-refractivity contribution < 1.29 is 37.0 Å². The second-order valence-electron chi connectivity index (χ2n) is 7.59. The Morgan fingerprint density at radius 2 is 2.00 bits per heavy atom. The number of aromatic nitrogens is 2. The molecule has 2 aliphatic heterocycles. The van der Waals surface area contributed by atoms with Gasteiger partial charge in [0.2, 0.25) is 5.95 Å². The summed E-state index contributed by atoms with van der Waals surface area (Å²) in [6.07, 6.45) is -2.43. The first-order chi connectivity index (χ1) is 14.9. The lowest BCUT2D eigenvalue weighted by Crippen LogP contribution is -2.42. The number of hydrogen-bond donors (Lipinski definition) is 1. The van der Waals surface area contributed by atoms with Crippen LogP contribution in [0.4, 0.5) is 19.1 Å². The number of rotatable bonds is 2. The first kappa shape index (κ1) is 24.0. The van der Waals surface area contributed by atoms with Gasteiger partial charge in [0.25, 0.3) is 5.91 Å². The van der Waals surface area contributed by atoms with Crippen LogP contribution in [-0.4, -0.2) is 71.8 Å². The van der Waals surface area contributed by atoms with Crippen molar-refractivity contribution >= 4 is 33.8 Å². The number of halogens is 4. The van der Waals surface area contributed by atoms with Gasteiger partial charge in [0.15, 0.2) is 10.4 Å². The van der Waals surface area contributed by atoms with Crippen LogP contribution in [0, 0.1) is 0 Å². The third-order valence-electron chi connectivity index (χ3n) is 5.06. The molecule has 0 bridgehead atoms. The van der Waals surface area contributed by atoms with Gasteiger partial charge in [0.1, 0.15) is 0 Å². The summed E-state index contributed by atoms with van der Waals surface area (Å²) in [5.74, 6) is -1.83. The van der Waals surface area contributed by atoms with Crippen LogP contribution in [0.15, 0.2) is 27.4 Å². The van der Waals surface area contributed by atoms with Crippen molar-refractivity contribution in [3.63, 3.8) is 0 Å². The molecule has 32 heavy (non-hydrogen) atoms. The molecule has 0 aliphatic carbocycles. The van der Waals surface area contributed by atoms with Crippen molar-refractivity contribution in [2.45, 2.75) is 24.6 Å². The Labute approximate surface area is 189 Å². The fraction of sp³-hybridized carbons (Fsp3) is 0.474. The Balaban J connectivity index is 0.000000360. The minimum absolute atomic E-state index is 0.100. The summed E-state index contributed by atoms with van der Waals surface area (Å²) in [5, 5.41) is 7.12. The zero-order chi connectivity index (χ0) is 23.7. The number of ether oxygens (including phenoxy) is 1. The van der Waals surface area contributed by atoms with Crippen molar-refractivity contribution in [3.05, 3.63) is 40.0 Å². The van der Waals surface area contributed by atoms with Gasteiger partial charge in [-0.15, -0.1) is 0 Å². The van der Waals surface area contributed by atoms with E-state index in [1.165, 1.54) is 0 Å². The van der Waals surface area contributed by atoms with E-state index in [1.807, 2.05) is 30.1 Å². The number of hydrogen-bond acceptors (Lipinski definition) is 7. The first-order valence-electron chi connectivity index (χ1n) is 9.39. The fourth-order valence-electron chi connectivity index (χ4n) is 3.54. The lowest BCUT2D eigenvalue weighted by atomic mass is 9.80. The number of carboxylic acid groups (broad SMARTS) is 1. The van der Waals surface area contributed by atoms with Gasteiger partial charge < -0.3 is 24.1 Å². The number of carbonyl (C=O) groups excluding carboxylic acids is 1. The minimum Gasteiger partial charge on any atom is -0.475 e. The normalized spacial score (nSPS) is 19.9. The maximum absolute atomic E-state index is 12.7. The number of fused-ring (bicyclic) bond motifs is 2. The largest absolute Gasteiger partial charge is 0.490 e. The molecule has 2 aliphatic rings. The first-order valence-corrected chi connectivity index (χ1v) is 10.2. The third-order valence-corrected chi connectivity index (χ3v) is 5.48. The zero-order valence-electron chi connectivity index (χ0n) is 17.1. The van der Waals surface area contributed by atoms with Crippen LogP contribution >= 0.6 is 15.9 Å². The highest BCUT2D eigenvalue weighted by Gasteiger charge is 2.46. The third kappa shape index (κ3) is 5.04. The molecular weight excluding hydrogens is 501 g/mol. The summed E-state index contributed by atoms with van der Waals surface area (Å²) in [6.45, 7) is 2.31. The molecule has 1 spiro atoms. The van der Waals surface area contributed by atoms with Gasteiger partial charge in [-0.3, -0.25) is 4.79 Å². The number of anilines is 1. The minimum atomic E-state index is -5.08. The average Bonchev–Trinajstić information content (AvgIpc) is 3.34. The van der Waals surface area contributed by atoms with Crippen molar-refractivity contribution in [1.29, 1.82) is 0 Å². The number of carbonyl (C=O) groups is 2. The van der Waals surface area contributed by atoms with E-state index in [0.29, 0.717) is 42.7 Å². The van der Waals surface area contributed by atoms with E-state index in [0.717, 1.165) is 17.7 Å². The Kier molecular flexibility index (Phi) is 6.79. The number of alkyl halides is 3. The maximum atomic E-state index is 12.7. The molecule has 174 valence electrons. The van der Waals surface area contributed by atoms with Crippen LogP contribution in [0.1, 0.15) is 28.2 Å². The molecule has 4 heterocycles. The molecule has 2 aromatic rings. The Morgan fingerprint density at radius 3 is 2.56 bits per heavy atom. The molecule has 1 amide bonds. The molecule has 0 saturated carbocycles. The number of likely N-dealkylation sites (tertiary alicyclic amines) is 1. The van der Waals surface area contributed by atoms with Gasteiger partial charge >= 0.3 is 12.1 Å². The van der Waals surface area contributed by atoms with Gasteiger partial charge in [-0.1, -0.05) is 0 Å². The summed E-state index contributed by atoms with van der Waals surface area (Å²) in [5.41, 5.74) is 1.74. The molecule has 2 aromatic heterocycles. The second-order valence-corrected chi connectivity index (χ2v) is 8.38. The molecule has 9 nitrogen and oxygen atoms in total. The second kappa shape index (κ2) is 9.06. The Bertz CT molecular complexity index is 1010. The zero-order valence-corrected chi connectivity index (χ0v) is 18.7. The lowest BCUT2D eigenvalue weighted by molar-refractivity contribution is -0.192. The fourth-order valence-corrected chi connectivity index (χ4v) is 3.85. The molecule has 1 saturated heterocycles. The smallest absolute Gasteiger partial charge is 0.475 e. The van der Waals surface area contributed by atoms with Gasteiger partial charge in [-0.25, -0.2) is 14.8 Å². The van der Waals surface area contributed by atoms with Crippen molar-refractivity contribution in [1.82, 2.24) is 14.9 Å². The van der Waals surface area contributed by atoms with Crippen molar-refractivity contribution in [2.75, 3.05) is 38.7 Å². The van der Waals surface area contributed by atoms with E-state index in [1.54, 1.807) is 12.1 Å². The van der Waals surface area contributed by atoms with Gasteiger partial charge in [-0.2, -0.15) is 13.2 Å². The summed E-state index contributed by atoms with van der Waals surface area (Å²) < 4.78 is 43.5. The van der Waals surface area contributed by atoms with E-state index in [9.17, 15) is 18.0 Å². The molecular formula is C19H20BrF3N4O5. The summed E-state index contributed by atoms with van der Waals surface area (Å²) >= 11 is 3.24. The summed E-state index contributed by atoms with van der Waals surface area (Å²) in [6, 6.07) is 3.42. The van der Waals surface area contributed by atoms with Crippen LogP contribution in [0.2, 0.25) is 0 Å². The highest BCUT2D eigenvalue weighted by atomic mass is 79.9. The number of carboxylic acids is 1. The maximum Gasteiger partial charge on any atom is 0.490 e. The highest BCUT2D eigenvalue weighted by Crippen LogP contribution is 2.40. The quantitative estimate of drug-likeness (QED) is 0.643. The van der Waals surface area contributed by atoms with E-state index < -0.39 is 12.1 Å². The Morgan fingerprint density at radius 1 is 1.31 bits per heavy atom. The molecule has 1 unspecified atom stereocenters. The number of furan rings is 1. The Hall–Kier alpha value is -2.67. The summed E-state index contributed by atoms with van der Waals surface area (Å²) in [4.78, 5) is 34.5. The van der Waals surface area contributed by atoms with E-state index in [-0.39, 0.29) is 11.3 Å². The number of aliphatic carboxylic acids is 1. The predicted molar refractivity (Wildman–Crippen MR) is 108 cm³/mol. The van der Waals surface area contributed by atoms with Crippen LogP contribution in [0.25, 0.3) is 0 Å². The van der Waals surface area contributed by atoms with Crippen molar-refractivity contribution in [2.24, 2.45) is 0 Å². The van der Waals surface area contributed by atoms with Gasteiger partial charge in [0.05, 0.1) is 24.3 Å². The molecule has 1 fully saturated rings. The van der Waals surface area contributed by atoms with E-state index in [4.69, 9.17) is 24.0 Å². The highest BCUT2D eigenvalue weighted by molar-refractivity contribution is 9.10.